The van der Waals surface area contributed by atoms with Gasteiger partial charge in [-0.05, 0) is 30.7 Å². The summed E-state index contributed by atoms with van der Waals surface area (Å²) in [5, 5.41) is 2.85. The number of hydrogen-bond donors (Lipinski definition) is 1. The van der Waals surface area contributed by atoms with E-state index in [9.17, 15) is 4.79 Å². The van der Waals surface area contributed by atoms with E-state index >= 15 is 0 Å². The second-order valence-corrected chi connectivity index (χ2v) is 7.46. The average Bonchev–Trinajstić information content (AvgIpc) is 3.02. The lowest BCUT2D eigenvalue weighted by Crippen LogP contribution is -2.01. The summed E-state index contributed by atoms with van der Waals surface area (Å²) in [5.74, 6) is 0.0278. The molecule has 0 fully saturated rings. The number of halogens is 1. The lowest BCUT2D eigenvalue weighted by atomic mass is 9.98. The number of carbonyl (C=O) groups is 1. The summed E-state index contributed by atoms with van der Waals surface area (Å²) in [4.78, 5) is 25.0. The third kappa shape index (κ3) is 2.71. The lowest BCUT2D eigenvalue weighted by molar-refractivity contribution is 0.0983. The number of Topliss-reactive ketones (excluding diaryl/α,β-unsaturated/α-hetero) is 1. The first-order valence-electron chi connectivity index (χ1n) is 8.12. The summed E-state index contributed by atoms with van der Waals surface area (Å²) in [7, 11) is 0. The van der Waals surface area contributed by atoms with E-state index in [1.807, 2.05) is 32.0 Å². The highest BCUT2D eigenvalue weighted by molar-refractivity contribution is 7.23. The van der Waals surface area contributed by atoms with Crippen LogP contribution < -0.4 is 5.73 Å². The standard InChI is InChI=1S/C19H15ClN4OS/c1-3-15(25)14-4-9(2)13(8-22-14)12-5-10-7-23-16(20)6-11(10)18-17(12)24-19(21)26-18/h4-8H,3H2,1-2H3,(H2,21,24). The number of anilines is 1. The molecular weight excluding hydrogens is 368 g/mol. The number of hydrogen-bond acceptors (Lipinski definition) is 6. The fraction of sp³-hybridized carbons (Fsp3) is 0.158. The van der Waals surface area contributed by atoms with E-state index in [0.29, 0.717) is 22.4 Å². The molecule has 0 aliphatic heterocycles. The van der Waals surface area contributed by atoms with Crippen molar-refractivity contribution in [2.75, 3.05) is 5.73 Å². The van der Waals surface area contributed by atoms with Gasteiger partial charge >= 0.3 is 0 Å². The largest absolute Gasteiger partial charge is 0.375 e. The van der Waals surface area contributed by atoms with E-state index in [0.717, 1.165) is 37.7 Å². The number of aryl methyl sites for hydroxylation is 1. The van der Waals surface area contributed by atoms with Crippen LogP contribution in [-0.2, 0) is 0 Å². The average molecular weight is 383 g/mol. The number of pyridine rings is 2. The van der Waals surface area contributed by atoms with E-state index < -0.39 is 0 Å². The molecule has 3 heterocycles. The Bertz CT molecular complexity index is 1190. The maximum atomic E-state index is 11.9. The zero-order chi connectivity index (χ0) is 18.4. The molecule has 0 aliphatic rings. The minimum Gasteiger partial charge on any atom is -0.375 e. The second kappa shape index (κ2) is 6.30. The molecule has 0 atom stereocenters. The molecule has 1 aromatic carbocycles. The quantitative estimate of drug-likeness (QED) is 0.396. The Morgan fingerprint density at radius 2 is 2.00 bits per heavy atom. The fourth-order valence-electron chi connectivity index (χ4n) is 3.05. The summed E-state index contributed by atoms with van der Waals surface area (Å²) in [6, 6.07) is 5.67. The van der Waals surface area contributed by atoms with Gasteiger partial charge in [-0.2, -0.15) is 0 Å². The van der Waals surface area contributed by atoms with Gasteiger partial charge in [-0.15, -0.1) is 0 Å². The number of aromatic nitrogens is 3. The zero-order valence-corrected chi connectivity index (χ0v) is 15.8. The topological polar surface area (TPSA) is 81.8 Å². The predicted molar refractivity (Wildman–Crippen MR) is 107 cm³/mol. The number of nitrogen functional groups attached to an aromatic ring is 1. The summed E-state index contributed by atoms with van der Waals surface area (Å²) >= 11 is 7.49. The Balaban J connectivity index is 2.02. The maximum Gasteiger partial charge on any atom is 0.181 e. The molecule has 26 heavy (non-hydrogen) atoms. The van der Waals surface area contributed by atoms with E-state index in [1.54, 1.807) is 12.4 Å². The highest BCUT2D eigenvalue weighted by Gasteiger charge is 2.16. The smallest absolute Gasteiger partial charge is 0.181 e. The molecule has 0 aliphatic carbocycles. The number of nitrogens with two attached hydrogens (primary N) is 1. The summed E-state index contributed by atoms with van der Waals surface area (Å²) in [5.41, 5.74) is 10.1. The summed E-state index contributed by atoms with van der Waals surface area (Å²) in [6.45, 7) is 3.80. The molecule has 3 aromatic heterocycles. The molecule has 2 N–H and O–H groups in total. The molecule has 0 spiro atoms. The van der Waals surface area contributed by atoms with Gasteiger partial charge in [0.15, 0.2) is 10.9 Å². The van der Waals surface area contributed by atoms with Crippen molar-refractivity contribution in [2.24, 2.45) is 0 Å². The van der Waals surface area contributed by atoms with Gasteiger partial charge in [-0.1, -0.05) is 29.9 Å². The number of nitrogens with zero attached hydrogens (tertiary/aromatic N) is 3. The number of ketones is 1. The SMILES string of the molecule is CCC(=O)c1cc(C)c(-c2cc3cnc(Cl)cc3c3sc(N)nc23)cn1. The van der Waals surface area contributed by atoms with Crippen LogP contribution in [0.1, 0.15) is 29.4 Å². The lowest BCUT2D eigenvalue weighted by Gasteiger charge is -2.10. The van der Waals surface area contributed by atoms with Crippen LogP contribution in [0.3, 0.4) is 0 Å². The summed E-state index contributed by atoms with van der Waals surface area (Å²) < 4.78 is 0.965. The minimum absolute atomic E-state index is 0.0278. The van der Waals surface area contributed by atoms with Gasteiger partial charge in [0.05, 0.1) is 10.2 Å². The molecule has 130 valence electrons. The molecule has 0 bridgehead atoms. The molecule has 0 radical (unpaired) electrons. The monoisotopic (exact) mass is 382 g/mol. The van der Waals surface area contributed by atoms with Crippen molar-refractivity contribution >= 4 is 54.8 Å². The first-order chi connectivity index (χ1) is 12.5. The first-order valence-corrected chi connectivity index (χ1v) is 9.32. The van der Waals surface area contributed by atoms with Gasteiger partial charge in [0.2, 0.25) is 0 Å². The zero-order valence-electron chi connectivity index (χ0n) is 14.2. The van der Waals surface area contributed by atoms with E-state index in [-0.39, 0.29) is 5.78 Å². The minimum atomic E-state index is 0.0278. The van der Waals surface area contributed by atoms with Crippen LogP contribution in [0, 0.1) is 6.92 Å². The van der Waals surface area contributed by atoms with Gasteiger partial charge in [0, 0.05) is 40.7 Å². The van der Waals surface area contributed by atoms with Crippen molar-refractivity contribution < 1.29 is 4.79 Å². The van der Waals surface area contributed by atoms with Crippen molar-refractivity contribution in [2.45, 2.75) is 20.3 Å². The Morgan fingerprint density at radius 1 is 1.19 bits per heavy atom. The molecule has 0 unspecified atom stereocenters. The number of thiazole rings is 1. The van der Waals surface area contributed by atoms with Crippen molar-refractivity contribution in [3.63, 3.8) is 0 Å². The van der Waals surface area contributed by atoms with Crippen molar-refractivity contribution in [1.82, 2.24) is 15.0 Å². The molecule has 0 saturated heterocycles. The highest BCUT2D eigenvalue weighted by atomic mass is 35.5. The molecule has 4 rings (SSSR count). The molecular formula is C19H15ClN4OS. The maximum absolute atomic E-state index is 11.9. The normalized spacial score (nSPS) is 11.3. The van der Waals surface area contributed by atoms with Crippen LogP contribution in [0.2, 0.25) is 5.15 Å². The van der Waals surface area contributed by atoms with Crippen molar-refractivity contribution in [3.8, 4) is 11.1 Å². The summed E-state index contributed by atoms with van der Waals surface area (Å²) in [6.07, 6.45) is 3.91. The van der Waals surface area contributed by atoms with Crippen LogP contribution >= 0.6 is 22.9 Å². The van der Waals surface area contributed by atoms with Crippen LogP contribution in [0.25, 0.3) is 32.1 Å². The molecule has 4 aromatic rings. The second-order valence-electron chi connectivity index (χ2n) is 6.04. The van der Waals surface area contributed by atoms with E-state index in [4.69, 9.17) is 17.3 Å². The van der Waals surface area contributed by atoms with Crippen LogP contribution in [-0.4, -0.2) is 20.7 Å². The molecule has 5 nitrogen and oxygen atoms in total. The third-order valence-corrected chi connectivity index (χ3v) is 5.48. The van der Waals surface area contributed by atoms with Crippen LogP contribution in [0.5, 0.6) is 0 Å². The molecule has 7 heteroatoms. The number of carbonyl (C=O) groups excluding carboxylic acids is 1. The van der Waals surface area contributed by atoms with E-state index in [1.165, 1.54) is 11.3 Å². The first kappa shape index (κ1) is 16.9. The fourth-order valence-corrected chi connectivity index (χ4v) is 4.10. The molecule has 0 saturated carbocycles. The Morgan fingerprint density at radius 3 is 2.73 bits per heavy atom. The molecule has 0 amide bonds. The highest BCUT2D eigenvalue weighted by Crippen LogP contribution is 2.39. The number of fused-ring (bicyclic) bond motifs is 3. The Labute approximate surface area is 158 Å². The number of rotatable bonds is 3. The van der Waals surface area contributed by atoms with Crippen molar-refractivity contribution in [3.05, 3.63) is 47.0 Å². The Hall–Kier alpha value is -2.57. The third-order valence-electron chi connectivity index (χ3n) is 4.35. The van der Waals surface area contributed by atoms with Crippen LogP contribution in [0.4, 0.5) is 5.13 Å². The predicted octanol–water partition coefficient (Wildman–Crippen LogP) is 5.04. The van der Waals surface area contributed by atoms with Gasteiger partial charge in [0.25, 0.3) is 0 Å². The van der Waals surface area contributed by atoms with Gasteiger partial charge in [-0.3, -0.25) is 9.78 Å². The van der Waals surface area contributed by atoms with Gasteiger partial charge < -0.3 is 5.73 Å². The van der Waals surface area contributed by atoms with Gasteiger partial charge in [0.1, 0.15) is 10.8 Å². The Kier molecular flexibility index (Phi) is 4.09. The van der Waals surface area contributed by atoms with Crippen molar-refractivity contribution in [1.29, 1.82) is 0 Å². The van der Waals surface area contributed by atoms with Crippen LogP contribution in [0.15, 0.2) is 30.6 Å². The number of benzene rings is 1. The van der Waals surface area contributed by atoms with E-state index in [2.05, 4.69) is 15.0 Å². The van der Waals surface area contributed by atoms with Gasteiger partial charge in [-0.25, -0.2) is 9.97 Å².